The number of unbranched alkanes of at least 4 members (excludes halogenated alkanes) is 2. The smallest absolute Gasteiger partial charge is 0.230 e. The molecule has 1 aromatic carbocycles. The van der Waals surface area contributed by atoms with Crippen LogP contribution in [0.2, 0.25) is 0 Å². The van der Waals surface area contributed by atoms with Crippen molar-refractivity contribution in [2.45, 2.75) is 25.7 Å². The Morgan fingerprint density at radius 3 is 2.52 bits per heavy atom. The topological polar surface area (TPSA) is 75.3 Å². The number of benzene rings is 1. The van der Waals surface area contributed by atoms with Gasteiger partial charge < -0.3 is 10.6 Å². The number of carbonyl (C=O) groups excluding carboxylic acids is 3. The average Bonchev–Trinajstić information content (AvgIpc) is 2.49. The number of para-hydroxylation sites is 1. The van der Waals surface area contributed by atoms with Gasteiger partial charge >= 0.3 is 0 Å². The van der Waals surface area contributed by atoms with Gasteiger partial charge in [0.15, 0.2) is 5.62 Å². The fraction of sp³-hybridized carbons (Fsp3) is 0.400. The standard InChI is InChI=1S/C15H20N2O3S/c18-12-21-11-15(20)16-10-6-2-5-9-14(19)17-13-7-3-1-4-8-13/h1,3-4,7-8,12H,2,5-6,9-11H2,(H,16,20)(H,17,19). The van der Waals surface area contributed by atoms with Gasteiger partial charge in [-0.25, -0.2) is 0 Å². The quantitative estimate of drug-likeness (QED) is 0.513. The molecule has 0 saturated heterocycles. The first-order valence-electron chi connectivity index (χ1n) is 6.89. The molecule has 21 heavy (non-hydrogen) atoms. The van der Waals surface area contributed by atoms with Crippen LogP contribution in [0.1, 0.15) is 25.7 Å². The van der Waals surface area contributed by atoms with Gasteiger partial charge in [0.05, 0.1) is 5.75 Å². The Hall–Kier alpha value is -1.82. The fourth-order valence-electron chi connectivity index (χ4n) is 1.72. The van der Waals surface area contributed by atoms with E-state index < -0.39 is 0 Å². The minimum atomic E-state index is -0.131. The molecule has 6 heteroatoms. The normalized spacial score (nSPS) is 9.90. The summed E-state index contributed by atoms with van der Waals surface area (Å²) in [7, 11) is 0. The largest absolute Gasteiger partial charge is 0.355 e. The number of hydrogen-bond donors (Lipinski definition) is 2. The van der Waals surface area contributed by atoms with E-state index in [-0.39, 0.29) is 17.6 Å². The van der Waals surface area contributed by atoms with E-state index in [4.69, 9.17) is 0 Å². The molecule has 5 nitrogen and oxygen atoms in total. The predicted molar refractivity (Wildman–Crippen MR) is 85.8 cm³/mol. The van der Waals surface area contributed by atoms with Crippen LogP contribution in [0.25, 0.3) is 0 Å². The molecule has 0 aliphatic rings. The van der Waals surface area contributed by atoms with Gasteiger partial charge in [0, 0.05) is 18.7 Å². The summed E-state index contributed by atoms with van der Waals surface area (Å²) in [6, 6.07) is 9.36. The summed E-state index contributed by atoms with van der Waals surface area (Å²) in [5.74, 6) is 0.0460. The van der Waals surface area contributed by atoms with Crippen molar-refractivity contribution < 1.29 is 14.4 Å². The van der Waals surface area contributed by atoms with Crippen molar-refractivity contribution in [2.24, 2.45) is 0 Å². The molecule has 0 heterocycles. The molecule has 0 aliphatic heterocycles. The number of amides is 2. The summed E-state index contributed by atoms with van der Waals surface area (Å²) < 4.78 is 0. The third-order valence-electron chi connectivity index (χ3n) is 2.74. The maximum Gasteiger partial charge on any atom is 0.230 e. The van der Waals surface area contributed by atoms with Gasteiger partial charge in [0.2, 0.25) is 11.8 Å². The zero-order chi connectivity index (χ0) is 15.3. The van der Waals surface area contributed by atoms with Crippen LogP contribution in [0, 0.1) is 0 Å². The van der Waals surface area contributed by atoms with Crippen molar-refractivity contribution in [1.29, 1.82) is 0 Å². The Morgan fingerprint density at radius 2 is 1.81 bits per heavy atom. The zero-order valence-corrected chi connectivity index (χ0v) is 12.7. The van der Waals surface area contributed by atoms with Crippen molar-refractivity contribution in [2.75, 3.05) is 17.6 Å². The second-order valence-corrected chi connectivity index (χ2v) is 5.30. The van der Waals surface area contributed by atoms with Crippen LogP contribution in [0.15, 0.2) is 30.3 Å². The molecule has 0 unspecified atom stereocenters. The molecule has 1 rings (SSSR count). The Balaban J connectivity index is 2.00. The van der Waals surface area contributed by atoms with E-state index in [9.17, 15) is 14.4 Å². The molecule has 1 aromatic rings. The van der Waals surface area contributed by atoms with E-state index >= 15 is 0 Å². The molecular weight excluding hydrogens is 288 g/mol. The van der Waals surface area contributed by atoms with E-state index in [1.165, 1.54) is 0 Å². The van der Waals surface area contributed by atoms with Crippen molar-refractivity contribution in [3.63, 3.8) is 0 Å². The van der Waals surface area contributed by atoms with Gasteiger partial charge in [-0.15, -0.1) is 0 Å². The molecule has 0 atom stereocenters. The molecule has 114 valence electrons. The van der Waals surface area contributed by atoms with Crippen LogP contribution < -0.4 is 10.6 Å². The van der Waals surface area contributed by atoms with E-state index in [1.54, 1.807) is 0 Å². The molecule has 0 bridgehead atoms. The van der Waals surface area contributed by atoms with Crippen LogP contribution in [-0.4, -0.2) is 29.7 Å². The minimum Gasteiger partial charge on any atom is -0.355 e. The highest BCUT2D eigenvalue weighted by Gasteiger charge is 2.02. The van der Waals surface area contributed by atoms with Gasteiger partial charge in [-0.3, -0.25) is 14.4 Å². The summed E-state index contributed by atoms with van der Waals surface area (Å²) in [5.41, 5.74) is 1.47. The lowest BCUT2D eigenvalue weighted by Crippen LogP contribution is -2.26. The number of rotatable bonds is 10. The van der Waals surface area contributed by atoms with Crippen molar-refractivity contribution in [3.05, 3.63) is 30.3 Å². The van der Waals surface area contributed by atoms with Gasteiger partial charge in [-0.1, -0.05) is 36.4 Å². The highest BCUT2D eigenvalue weighted by atomic mass is 32.2. The van der Waals surface area contributed by atoms with E-state index in [2.05, 4.69) is 10.6 Å². The van der Waals surface area contributed by atoms with Crippen molar-refractivity contribution >= 4 is 34.9 Å². The monoisotopic (exact) mass is 308 g/mol. The Kier molecular flexibility index (Phi) is 8.95. The van der Waals surface area contributed by atoms with Crippen LogP contribution in [0.5, 0.6) is 0 Å². The second-order valence-electron chi connectivity index (χ2n) is 4.48. The number of carbonyl (C=O) groups is 3. The number of hydrogen-bond acceptors (Lipinski definition) is 4. The minimum absolute atomic E-state index is 0.00705. The maximum atomic E-state index is 11.7. The van der Waals surface area contributed by atoms with Crippen LogP contribution in [0.4, 0.5) is 5.69 Å². The first-order valence-corrected chi connectivity index (χ1v) is 7.94. The SMILES string of the molecule is O=CSCC(=O)NCCCCCC(=O)Nc1ccccc1. The summed E-state index contributed by atoms with van der Waals surface area (Å²) in [5, 5.41) is 5.56. The van der Waals surface area contributed by atoms with E-state index in [1.807, 2.05) is 30.3 Å². The molecule has 0 spiro atoms. The highest BCUT2D eigenvalue weighted by Crippen LogP contribution is 2.07. The van der Waals surface area contributed by atoms with Gasteiger partial charge in [0.1, 0.15) is 0 Å². The third-order valence-corrected chi connectivity index (χ3v) is 3.31. The first kappa shape index (κ1) is 17.2. The van der Waals surface area contributed by atoms with Crippen molar-refractivity contribution in [3.8, 4) is 0 Å². The summed E-state index contributed by atoms with van der Waals surface area (Å²) in [4.78, 5) is 32.9. The number of anilines is 1. The molecule has 0 aromatic heterocycles. The van der Waals surface area contributed by atoms with E-state index in [0.717, 1.165) is 36.7 Å². The molecular formula is C15H20N2O3S. The lowest BCUT2D eigenvalue weighted by atomic mass is 10.2. The average molecular weight is 308 g/mol. The lowest BCUT2D eigenvalue weighted by Gasteiger charge is -2.05. The molecule has 2 N–H and O–H groups in total. The summed E-state index contributed by atoms with van der Waals surface area (Å²) >= 11 is 0.944. The molecule has 0 saturated carbocycles. The number of thioether (sulfide) groups is 1. The molecule has 0 radical (unpaired) electrons. The Labute approximate surface area is 128 Å². The van der Waals surface area contributed by atoms with Gasteiger partial charge in [-0.2, -0.15) is 0 Å². The maximum absolute atomic E-state index is 11.7. The summed E-state index contributed by atoms with van der Waals surface area (Å²) in [6.45, 7) is 0.582. The fourth-order valence-corrected chi connectivity index (χ4v) is 2.04. The van der Waals surface area contributed by atoms with E-state index in [0.29, 0.717) is 18.6 Å². The highest BCUT2D eigenvalue weighted by molar-refractivity contribution is 8.12. The zero-order valence-electron chi connectivity index (χ0n) is 11.8. The third kappa shape index (κ3) is 8.86. The Bertz CT molecular complexity index is 451. The lowest BCUT2D eigenvalue weighted by molar-refractivity contribution is -0.118. The molecule has 2 amide bonds. The van der Waals surface area contributed by atoms with Crippen molar-refractivity contribution in [1.82, 2.24) is 5.32 Å². The molecule has 0 aliphatic carbocycles. The van der Waals surface area contributed by atoms with Crippen LogP contribution in [0.3, 0.4) is 0 Å². The second kappa shape index (κ2) is 10.9. The van der Waals surface area contributed by atoms with Crippen LogP contribution in [-0.2, 0) is 14.4 Å². The number of nitrogens with one attached hydrogen (secondary N) is 2. The van der Waals surface area contributed by atoms with Gasteiger partial charge in [-0.05, 0) is 25.0 Å². The first-order chi connectivity index (χ1) is 10.2. The van der Waals surface area contributed by atoms with Gasteiger partial charge in [0.25, 0.3) is 0 Å². The Morgan fingerprint density at radius 1 is 1.05 bits per heavy atom. The summed E-state index contributed by atoms with van der Waals surface area (Å²) in [6.07, 6.45) is 2.97. The predicted octanol–water partition coefficient (Wildman–Crippen LogP) is 2.23. The van der Waals surface area contributed by atoms with Crippen LogP contribution >= 0.6 is 11.8 Å². The molecule has 0 fully saturated rings.